The van der Waals surface area contributed by atoms with Gasteiger partial charge in [-0.3, -0.25) is 4.79 Å². The molecule has 0 saturated heterocycles. The summed E-state index contributed by atoms with van der Waals surface area (Å²) in [6, 6.07) is 6.27. The molecule has 0 unspecified atom stereocenters. The Bertz CT molecular complexity index is 801. The molecule has 0 saturated carbocycles. The van der Waals surface area contributed by atoms with Crippen molar-refractivity contribution in [2.75, 3.05) is 5.75 Å². The van der Waals surface area contributed by atoms with Gasteiger partial charge in [0.2, 0.25) is 0 Å². The molecule has 0 spiro atoms. The highest BCUT2D eigenvalue weighted by Crippen LogP contribution is 2.16. The van der Waals surface area contributed by atoms with Gasteiger partial charge in [-0.05, 0) is 36.4 Å². The third-order valence-electron chi connectivity index (χ3n) is 2.71. The molecule has 110 valence electrons. The van der Waals surface area contributed by atoms with Crippen molar-refractivity contribution in [1.82, 2.24) is 0 Å². The summed E-state index contributed by atoms with van der Waals surface area (Å²) in [7, 11) is -4.14. The van der Waals surface area contributed by atoms with Gasteiger partial charge in [0.15, 0.2) is 15.6 Å². The summed E-state index contributed by atoms with van der Waals surface area (Å²) < 4.78 is 63.4. The van der Waals surface area contributed by atoms with E-state index in [0.29, 0.717) is 6.07 Å². The predicted octanol–water partition coefficient (Wildman–Crippen LogP) is 2.76. The van der Waals surface area contributed by atoms with Crippen LogP contribution in [0.5, 0.6) is 0 Å². The van der Waals surface area contributed by atoms with E-state index in [9.17, 15) is 26.4 Å². The molecule has 0 bridgehead atoms. The molecule has 0 atom stereocenters. The summed E-state index contributed by atoms with van der Waals surface area (Å²) in [5, 5.41) is 0. The normalized spacial score (nSPS) is 11.4. The summed E-state index contributed by atoms with van der Waals surface area (Å²) in [6.45, 7) is 0. The topological polar surface area (TPSA) is 51.2 Å². The fraction of sp³-hybridized carbons (Fsp3) is 0.0714. The summed E-state index contributed by atoms with van der Waals surface area (Å²) in [5.74, 6) is -4.83. The summed E-state index contributed by atoms with van der Waals surface area (Å²) in [5.41, 5.74) is -0.657. The Morgan fingerprint density at radius 2 is 1.62 bits per heavy atom. The zero-order valence-electron chi connectivity index (χ0n) is 10.5. The SMILES string of the molecule is O=C(CS(=O)(=O)c1cccc(F)c1)c1cc(F)ccc1F. The monoisotopic (exact) mass is 314 g/mol. The maximum absolute atomic E-state index is 13.4. The van der Waals surface area contributed by atoms with Crippen LogP contribution in [0.3, 0.4) is 0 Å². The molecular weight excluding hydrogens is 305 g/mol. The molecule has 3 nitrogen and oxygen atoms in total. The average molecular weight is 314 g/mol. The number of carbonyl (C=O) groups is 1. The van der Waals surface area contributed by atoms with E-state index in [2.05, 4.69) is 0 Å². The number of rotatable bonds is 4. The molecule has 21 heavy (non-hydrogen) atoms. The first-order valence-corrected chi connectivity index (χ1v) is 7.41. The lowest BCUT2D eigenvalue weighted by molar-refractivity contribution is 0.101. The van der Waals surface area contributed by atoms with Gasteiger partial charge in [0, 0.05) is 0 Å². The van der Waals surface area contributed by atoms with Crippen LogP contribution in [0.25, 0.3) is 0 Å². The number of hydrogen-bond acceptors (Lipinski definition) is 3. The molecule has 2 aromatic carbocycles. The summed E-state index contributed by atoms with van der Waals surface area (Å²) in [4.78, 5) is 11.4. The quantitative estimate of drug-likeness (QED) is 0.815. The van der Waals surface area contributed by atoms with Crippen LogP contribution >= 0.6 is 0 Å². The Labute approximate surface area is 119 Å². The highest BCUT2D eigenvalue weighted by atomic mass is 32.2. The molecule has 0 aliphatic carbocycles. The third-order valence-corrected chi connectivity index (χ3v) is 4.32. The van der Waals surface area contributed by atoms with Crippen molar-refractivity contribution < 1.29 is 26.4 Å². The Morgan fingerprint density at radius 1 is 0.952 bits per heavy atom. The molecule has 2 rings (SSSR count). The van der Waals surface area contributed by atoms with Crippen LogP contribution in [0, 0.1) is 17.5 Å². The van der Waals surface area contributed by atoms with E-state index >= 15 is 0 Å². The minimum Gasteiger partial charge on any atom is -0.293 e. The fourth-order valence-electron chi connectivity index (χ4n) is 1.71. The van der Waals surface area contributed by atoms with Crippen LogP contribution in [-0.2, 0) is 9.84 Å². The molecule has 0 amide bonds. The van der Waals surface area contributed by atoms with E-state index in [4.69, 9.17) is 0 Å². The van der Waals surface area contributed by atoms with E-state index in [1.807, 2.05) is 0 Å². The molecule has 2 aromatic rings. The van der Waals surface area contributed by atoms with Crippen molar-refractivity contribution in [3.8, 4) is 0 Å². The van der Waals surface area contributed by atoms with Gasteiger partial charge in [-0.2, -0.15) is 0 Å². The first-order chi connectivity index (χ1) is 9.79. The van der Waals surface area contributed by atoms with Crippen molar-refractivity contribution in [2.45, 2.75) is 4.90 Å². The van der Waals surface area contributed by atoms with Gasteiger partial charge in [0.1, 0.15) is 23.2 Å². The van der Waals surface area contributed by atoms with Crippen LogP contribution in [0.2, 0.25) is 0 Å². The second-order valence-electron chi connectivity index (χ2n) is 4.26. The van der Waals surface area contributed by atoms with E-state index < -0.39 is 49.3 Å². The maximum Gasteiger partial charge on any atom is 0.185 e. The van der Waals surface area contributed by atoms with E-state index in [1.165, 1.54) is 6.07 Å². The Kier molecular flexibility index (Phi) is 4.13. The molecule has 0 aromatic heterocycles. The minimum absolute atomic E-state index is 0.396. The zero-order chi connectivity index (χ0) is 15.6. The zero-order valence-corrected chi connectivity index (χ0v) is 11.3. The molecule has 0 aliphatic heterocycles. The number of benzene rings is 2. The average Bonchev–Trinajstić information content (AvgIpc) is 2.41. The maximum atomic E-state index is 13.4. The Morgan fingerprint density at radius 3 is 2.29 bits per heavy atom. The Hall–Kier alpha value is -2.15. The largest absolute Gasteiger partial charge is 0.293 e. The lowest BCUT2D eigenvalue weighted by Crippen LogP contribution is -2.18. The molecule has 0 radical (unpaired) electrons. The van der Waals surface area contributed by atoms with Crippen LogP contribution < -0.4 is 0 Å². The second kappa shape index (κ2) is 5.69. The van der Waals surface area contributed by atoms with Crippen molar-refractivity contribution in [2.24, 2.45) is 0 Å². The highest BCUT2D eigenvalue weighted by Gasteiger charge is 2.23. The number of halogens is 3. The van der Waals surface area contributed by atoms with Crippen LogP contribution in [0.1, 0.15) is 10.4 Å². The molecule has 0 N–H and O–H groups in total. The van der Waals surface area contributed by atoms with Gasteiger partial charge in [-0.25, -0.2) is 21.6 Å². The molecular formula is C14H9F3O3S. The van der Waals surface area contributed by atoms with E-state index in [-0.39, 0.29) is 0 Å². The number of ketones is 1. The molecule has 0 heterocycles. The van der Waals surface area contributed by atoms with E-state index in [1.54, 1.807) is 0 Å². The fourth-order valence-corrected chi connectivity index (χ4v) is 2.95. The van der Waals surface area contributed by atoms with Gasteiger partial charge in [0.25, 0.3) is 0 Å². The van der Waals surface area contributed by atoms with Crippen LogP contribution in [0.4, 0.5) is 13.2 Å². The van der Waals surface area contributed by atoms with Crippen molar-refractivity contribution in [1.29, 1.82) is 0 Å². The van der Waals surface area contributed by atoms with Crippen molar-refractivity contribution in [3.63, 3.8) is 0 Å². The van der Waals surface area contributed by atoms with Crippen molar-refractivity contribution >= 4 is 15.6 Å². The Balaban J connectivity index is 2.32. The summed E-state index contributed by atoms with van der Waals surface area (Å²) >= 11 is 0. The van der Waals surface area contributed by atoms with Gasteiger partial charge in [0.05, 0.1) is 10.5 Å². The third kappa shape index (κ3) is 3.49. The predicted molar refractivity (Wildman–Crippen MR) is 69.1 cm³/mol. The number of hydrogen-bond donors (Lipinski definition) is 0. The smallest absolute Gasteiger partial charge is 0.185 e. The minimum atomic E-state index is -4.14. The van der Waals surface area contributed by atoms with Gasteiger partial charge < -0.3 is 0 Å². The highest BCUT2D eigenvalue weighted by molar-refractivity contribution is 7.92. The lowest BCUT2D eigenvalue weighted by Gasteiger charge is -2.05. The van der Waals surface area contributed by atoms with Gasteiger partial charge >= 0.3 is 0 Å². The molecule has 0 aliphatic rings. The van der Waals surface area contributed by atoms with Crippen LogP contribution in [-0.4, -0.2) is 20.0 Å². The standard InChI is InChI=1S/C14H9F3O3S/c15-9-2-1-3-11(6-9)21(19,20)8-14(18)12-7-10(16)4-5-13(12)17/h1-7H,8H2. The van der Waals surface area contributed by atoms with Gasteiger partial charge in [-0.1, -0.05) is 6.07 Å². The first kappa shape index (κ1) is 15.2. The van der Waals surface area contributed by atoms with Gasteiger partial charge in [-0.15, -0.1) is 0 Å². The first-order valence-electron chi connectivity index (χ1n) is 5.76. The van der Waals surface area contributed by atoms with Crippen LogP contribution in [0.15, 0.2) is 47.4 Å². The number of carbonyl (C=O) groups excluding carboxylic acids is 1. The molecule has 7 heteroatoms. The summed E-state index contributed by atoms with van der Waals surface area (Å²) in [6.07, 6.45) is 0. The number of sulfone groups is 1. The lowest BCUT2D eigenvalue weighted by atomic mass is 10.1. The molecule has 0 fully saturated rings. The second-order valence-corrected chi connectivity index (χ2v) is 6.25. The van der Waals surface area contributed by atoms with Crippen molar-refractivity contribution in [3.05, 3.63) is 65.5 Å². The van der Waals surface area contributed by atoms with E-state index in [0.717, 1.165) is 30.3 Å². The number of Topliss-reactive ketones (excluding diaryl/α,β-unsaturated/α-hetero) is 1.